The van der Waals surface area contributed by atoms with Crippen molar-refractivity contribution in [3.63, 3.8) is 0 Å². The lowest BCUT2D eigenvalue weighted by Gasteiger charge is -2.09. The van der Waals surface area contributed by atoms with E-state index in [1.165, 1.54) is 30.6 Å². The lowest BCUT2D eigenvalue weighted by Crippen LogP contribution is -2.18. The molecule has 1 heterocycles. The van der Waals surface area contributed by atoms with E-state index in [-0.39, 0.29) is 16.3 Å². The lowest BCUT2D eigenvalue weighted by atomic mass is 10.2. The van der Waals surface area contributed by atoms with E-state index < -0.39 is 11.7 Å². The highest BCUT2D eigenvalue weighted by atomic mass is 35.5. The average Bonchev–Trinajstić information content (AvgIpc) is 2.41. The van der Waals surface area contributed by atoms with E-state index >= 15 is 0 Å². The van der Waals surface area contributed by atoms with Crippen LogP contribution >= 0.6 is 11.6 Å². The number of nitrogen functional groups attached to an aromatic ring is 1. The summed E-state index contributed by atoms with van der Waals surface area (Å²) in [4.78, 5) is 15.8. The molecule has 5 nitrogen and oxygen atoms in total. The minimum atomic E-state index is -0.619. The van der Waals surface area contributed by atoms with Crippen molar-refractivity contribution in [2.24, 2.45) is 5.84 Å². The van der Waals surface area contributed by atoms with Gasteiger partial charge in [-0.25, -0.2) is 4.39 Å². The molecule has 0 saturated carbocycles. The third-order valence-corrected chi connectivity index (χ3v) is 2.64. The standard InChI is InChI=1S/C12H10ClFN4O/c13-7-1-2-11(9(14)5-7)17-12(19)8-6-16-4-3-10(8)18-15/h1-6H,15H2,(H,16,18)(H,17,19). The molecule has 0 spiro atoms. The Morgan fingerprint density at radius 1 is 1.32 bits per heavy atom. The number of aromatic nitrogens is 1. The molecule has 0 fully saturated rings. The number of nitrogens with zero attached hydrogens (tertiary/aromatic N) is 1. The zero-order valence-electron chi connectivity index (χ0n) is 9.65. The second-order valence-electron chi connectivity index (χ2n) is 3.64. The highest BCUT2D eigenvalue weighted by Gasteiger charge is 2.13. The zero-order chi connectivity index (χ0) is 13.8. The van der Waals surface area contributed by atoms with E-state index in [2.05, 4.69) is 15.7 Å². The first kappa shape index (κ1) is 13.3. The molecule has 0 bridgehead atoms. The Morgan fingerprint density at radius 3 is 2.79 bits per heavy atom. The first-order valence-corrected chi connectivity index (χ1v) is 5.66. The van der Waals surface area contributed by atoms with Gasteiger partial charge in [-0.3, -0.25) is 15.6 Å². The fraction of sp³-hybridized carbons (Fsp3) is 0. The maximum atomic E-state index is 13.6. The normalized spacial score (nSPS) is 10.1. The molecule has 2 aromatic rings. The van der Waals surface area contributed by atoms with Gasteiger partial charge in [0.05, 0.1) is 16.9 Å². The minimum Gasteiger partial charge on any atom is -0.323 e. The number of rotatable bonds is 3. The number of carbonyl (C=O) groups excluding carboxylic acids is 1. The van der Waals surface area contributed by atoms with Crippen LogP contribution in [0.5, 0.6) is 0 Å². The predicted molar refractivity (Wildman–Crippen MR) is 71.4 cm³/mol. The molecule has 7 heteroatoms. The molecule has 0 radical (unpaired) electrons. The summed E-state index contributed by atoms with van der Waals surface area (Å²) in [5.41, 5.74) is 3.00. The van der Waals surface area contributed by atoms with Gasteiger partial charge in [0.1, 0.15) is 5.82 Å². The van der Waals surface area contributed by atoms with Gasteiger partial charge in [0.15, 0.2) is 0 Å². The first-order chi connectivity index (χ1) is 9.11. The molecule has 0 unspecified atom stereocenters. The van der Waals surface area contributed by atoms with Crippen LogP contribution in [0.1, 0.15) is 10.4 Å². The zero-order valence-corrected chi connectivity index (χ0v) is 10.4. The third-order valence-electron chi connectivity index (χ3n) is 2.40. The highest BCUT2D eigenvalue weighted by Crippen LogP contribution is 2.20. The molecular formula is C12H10ClFN4O. The molecule has 19 heavy (non-hydrogen) atoms. The van der Waals surface area contributed by atoms with Crippen molar-refractivity contribution in [1.29, 1.82) is 0 Å². The number of anilines is 2. The molecule has 98 valence electrons. The monoisotopic (exact) mass is 280 g/mol. The quantitative estimate of drug-likeness (QED) is 0.596. The summed E-state index contributed by atoms with van der Waals surface area (Å²) in [6, 6.07) is 5.50. The van der Waals surface area contributed by atoms with E-state index in [4.69, 9.17) is 17.4 Å². The van der Waals surface area contributed by atoms with E-state index in [9.17, 15) is 9.18 Å². The molecule has 0 aliphatic carbocycles. The van der Waals surface area contributed by atoms with Crippen molar-refractivity contribution in [2.45, 2.75) is 0 Å². The summed E-state index contributed by atoms with van der Waals surface area (Å²) in [5.74, 6) is 4.14. The van der Waals surface area contributed by atoms with Crippen molar-refractivity contribution in [3.05, 3.63) is 53.1 Å². The fourth-order valence-electron chi connectivity index (χ4n) is 1.48. The second kappa shape index (κ2) is 5.64. The Kier molecular flexibility index (Phi) is 3.94. The third kappa shape index (κ3) is 2.98. The summed E-state index contributed by atoms with van der Waals surface area (Å²) in [6.45, 7) is 0. The molecule has 0 atom stereocenters. The Labute approximate surface area is 113 Å². The molecule has 1 amide bonds. The van der Waals surface area contributed by atoms with Gasteiger partial charge >= 0.3 is 0 Å². The Balaban J connectivity index is 2.26. The number of nitrogens with one attached hydrogen (secondary N) is 2. The van der Waals surface area contributed by atoms with Crippen LogP contribution in [0.2, 0.25) is 5.02 Å². The van der Waals surface area contributed by atoms with Crippen molar-refractivity contribution in [2.75, 3.05) is 10.7 Å². The minimum absolute atomic E-state index is 0.0289. The number of hydrogen-bond donors (Lipinski definition) is 3. The van der Waals surface area contributed by atoms with Crippen molar-refractivity contribution in [3.8, 4) is 0 Å². The number of hydrazine groups is 1. The Morgan fingerprint density at radius 2 is 2.11 bits per heavy atom. The number of hydrogen-bond acceptors (Lipinski definition) is 4. The largest absolute Gasteiger partial charge is 0.323 e. The Hall–Kier alpha value is -2.18. The van der Waals surface area contributed by atoms with Crippen molar-refractivity contribution >= 4 is 28.9 Å². The summed E-state index contributed by atoms with van der Waals surface area (Å²) < 4.78 is 13.6. The Bertz CT molecular complexity index is 620. The number of pyridine rings is 1. The van der Waals surface area contributed by atoms with Crippen LogP contribution < -0.4 is 16.6 Å². The van der Waals surface area contributed by atoms with Gasteiger partial charge in [0.25, 0.3) is 5.91 Å². The molecule has 0 aliphatic heterocycles. The van der Waals surface area contributed by atoms with Crippen LogP contribution in [0.3, 0.4) is 0 Å². The highest BCUT2D eigenvalue weighted by molar-refractivity contribution is 6.30. The molecule has 1 aromatic heterocycles. The number of benzene rings is 1. The van der Waals surface area contributed by atoms with Gasteiger partial charge in [0.2, 0.25) is 0 Å². The summed E-state index contributed by atoms with van der Waals surface area (Å²) in [7, 11) is 0. The number of amides is 1. The number of carbonyl (C=O) groups is 1. The van der Waals surface area contributed by atoms with Crippen LogP contribution in [0.25, 0.3) is 0 Å². The van der Waals surface area contributed by atoms with Crippen LogP contribution in [0.15, 0.2) is 36.7 Å². The first-order valence-electron chi connectivity index (χ1n) is 5.29. The van der Waals surface area contributed by atoms with Gasteiger partial charge in [-0.2, -0.15) is 0 Å². The van der Waals surface area contributed by atoms with Gasteiger partial charge in [-0.15, -0.1) is 0 Å². The van der Waals surface area contributed by atoms with Crippen LogP contribution in [-0.4, -0.2) is 10.9 Å². The lowest BCUT2D eigenvalue weighted by molar-refractivity contribution is 0.102. The summed E-state index contributed by atoms with van der Waals surface area (Å²) in [5, 5.41) is 2.67. The van der Waals surface area contributed by atoms with Gasteiger partial charge in [0, 0.05) is 17.4 Å². The van der Waals surface area contributed by atoms with E-state index in [1.54, 1.807) is 0 Å². The SMILES string of the molecule is NNc1ccncc1C(=O)Nc1ccc(Cl)cc1F. The van der Waals surface area contributed by atoms with E-state index in [1.807, 2.05) is 0 Å². The van der Waals surface area contributed by atoms with Gasteiger partial charge in [-0.1, -0.05) is 11.6 Å². The fourth-order valence-corrected chi connectivity index (χ4v) is 1.64. The molecule has 0 saturated heterocycles. The number of nitrogens with two attached hydrogens (primary N) is 1. The van der Waals surface area contributed by atoms with Crippen LogP contribution in [0.4, 0.5) is 15.8 Å². The maximum Gasteiger partial charge on any atom is 0.259 e. The van der Waals surface area contributed by atoms with Gasteiger partial charge < -0.3 is 10.7 Å². The number of halogens is 2. The second-order valence-corrected chi connectivity index (χ2v) is 4.08. The molecule has 2 rings (SSSR count). The maximum absolute atomic E-state index is 13.6. The van der Waals surface area contributed by atoms with Crippen LogP contribution in [0, 0.1) is 5.82 Å². The van der Waals surface area contributed by atoms with Gasteiger partial charge in [-0.05, 0) is 24.3 Å². The summed E-state index contributed by atoms with van der Waals surface area (Å²) >= 11 is 5.63. The van der Waals surface area contributed by atoms with E-state index in [0.717, 1.165) is 6.07 Å². The average molecular weight is 281 g/mol. The molecule has 0 aliphatic rings. The van der Waals surface area contributed by atoms with Crippen molar-refractivity contribution in [1.82, 2.24) is 4.98 Å². The van der Waals surface area contributed by atoms with E-state index in [0.29, 0.717) is 5.69 Å². The molecular weight excluding hydrogens is 271 g/mol. The molecule has 4 N–H and O–H groups in total. The smallest absolute Gasteiger partial charge is 0.259 e. The molecule has 1 aromatic carbocycles. The van der Waals surface area contributed by atoms with Crippen LogP contribution in [-0.2, 0) is 0 Å². The topological polar surface area (TPSA) is 80.0 Å². The summed E-state index contributed by atoms with van der Waals surface area (Å²) in [6.07, 6.45) is 2.81. The predicted octanol–water partition coefficient (Wildman–Crippen LogP) is 2.41. The van der Waals surface area contributed by atoms with Crippen molar-refractivity contribution < 1.29 is 9.18 Å².